The molecule has 1 aliphatic heterocycles. The topological polar surface area (TPSA) is 97.6 Å². The number of hydrogen-bond donors (Lipinski definition) is 3. The normalized spacial score (nSPS) is 28.2. The maximum atomic E-state index is 13.1. The molecule has 5 fully saturated rings. The Morgan fingerprint density at radius 3 is 2.25 bits per heavy atom. The monoisotopic (exact) mass is 682 g/mol. The lowest BCUT2D eigenvalue weighted by Crippen LogP contribution is -2.61. The van der Waals surface area contributed by atoms with Crippen molar-refractivity contribution in [2.24, 2.45) is 17.8 Å². The number of hydrogen-bond acceptors (Lipinski definition) is 5. The minimum Gasteiger partial charge on any atom is -0.392 e. The van der Waals surface area contributed by atoms with Crippen molar-refractivity contribution in [1.82, 2.24) is 20.2 Å². The molecule has 5 aromatic rings. The number of aliphatic hydroxyl groups excluding tert-OH is 1. The molecule has 5 aliphatic rings. The van der Waals surface area contributed by atoms with Crippen LogP contribution in [0.15, 0.2) is 103 Å². The van der Waals surface area contributed by atoms with E-state index in [-0.39, 0.29) is 30.4 Å². The summed E-state index contributed by atoms with van der Waals surface area (Å²) >= 11 is 0. The van der Waals surface area contributed by atoms with E-state index >= 15 is 0 Å². The largest absolute Gasteiger partial charge is 0.392 e. The Kier molecular flexibility index (Phi) is 8.62. The van der Waals surface area contributed by atoms with Gasteiger partial charge < -0.3 is 29.8 Å². The van der Waals surface area contributed by atoms with Gasteiger partial charge in [-0.15, -0.1) is 0 Å². The van der Waals surface area contributed by atoms with Gasteiger partial charge in [-0.05, 0) is 102 Å². The van der Waals surface area contributed by atoms with E-state index in [2.05, 4.69) is 74.8 Å². The molecule has 2 amide bonds. The summed E-state index contributed by atoms with van der Waals surface area (Å²) in [5.74, 6) is 2.39. The first-order valence-electron chi connectivity index (χ1n) is 18.6. The van der Waals surface area contributed by atoms with E-state index in [1.54, 1.807) is 0 Å². The van der Waals surface area contributed by atoms with E-state index in [9.17, 15) is 9.90 Å². The Morgan fingerprint density at radius 2 is 1.51 bits per heavy atom. The Labute approximate surface area is 299 Å². The number of fused-ring (bicyclic) bond motifs is 1. The molecule has 8 nitrogen and oxygen atoms in total. The molecule has 1 aromatic heterocycles. The number of benzene rings is 4. The smallest absolute Gasteiger partial charge is 0.315 e. The number of imidazole rings is 1. The highest BCUT2D eigenvalue weighted by Gasteiger charge is 2.51. The van der Waals surface area contributed by atoms with Gasteiger partial charge in [-0.2, -0.15) is 0 Å². The predicted octanol–water partition coefficient (Wildman–Crippen LogP) is 8.21. The summed E-state index contributed by atoms with van der Waals surface area (Å²) in [6.07, 6.45) is 9.30. The first kappa shape index (κ1) is 32.4. The van der Waals surface area contributed by atoms with E-state index < -0.39 is 6.29 Å². The fraction of sp³-hybridized carbons (Fsp3) is 0.395. The molecule has 1 saturated heterocycles. The van der Waals surface area contributed by atoms with Crippen LogP contribution in [-0.4, -0.2) is 32.3 Å². The van der Waals surface area contributed by atoms with Gasteiger partial charge in [0.05, 0.1) is 42.7 Å². The summed E-state index contributed by atoms with van der Waals surface area (Å²) in [5.41, 5.74) is 8.20. The quantitative estimate of drug-likeness (QED) is 0.146. The van der Waals surface area contributed by atoms with E-state index in [0.717, 1.165) is 81.4 Å². The SMILES string of the molecule is O=C(NCc1cccc(-c2ccc([C@@H]3O[C@H](Cn4cnc5ccccc54)C[C@H](c4ccc(CO)cc4)O3)cc2)c1)NC12CC3CC(CC(C3)C1)C2. The summed E-state index contributed by atoms with van der Waals surface area (Å²) in [6, 6.07) is 32.9. The van der Waals surface area contributed by atoms with Crippen LogP contribution < -0.4 is 10.6 Å². The Morgan fingerprint density at radius 1 is 0.784 bits per heavy atom. The molecule has 10 rings (SSSR count). The molecular formula is C43H46N4O4. The van der Waals surface area contributed by atoms with E-state index in [0.29, 0.717) is 19.5 Å². The van der Waals surface area contributed by atoms with Gasteiger partial charge >= 0.3 is 6.03 Å². The van der Waals surface area contributed by atoms with Gasteiger partial charge in [0.2, 0.25) is 0 Å². The summed E-state index contributed by atoms with van der Waals surface area (Å²) in [6.45, 7) is 1.16. The molecule has 0 spiro atoms. The fourth-order valence-corrected chi connectivity index (χ4v) is 9.83. The van der Waals surface area contributed by atoms with E-state index in [1.807, 2.05) is 48.8 Å². The third-order valence-electron chi connectivity index (χ3n) is 11.9. The van der Waals surface area contributed by atoms with Crippen LogP contribution in [0.1, 0.15) is 79.6 Å². The predicted molar refractivity (Wildman–Crippen MR) is 196 cm³/mol. The lowest BCUT2D eigenvalue weighted by atomic mass is 9.53. The maximum Gasteiger partial charge on any atom is 0.315 e. The molecule has 4 saturated carbocycles. The summed E-state index contributed by atoms with van der Waals surface area (Å²) in [5, 5.41) is 16.2. The highest BCUT2D eigenvalue weighted by atomic mass is 16.7. The molecule has 4 bridgehead atoms. The number of para-hydroxylation sites is 2. The molecule has 0 radical (unpaired) electrons. The van der Waals surface area contributed by atoms with Crippen LogP contribution in [0.3, 0.4) is 0 Å². The average Bonchev–Trinajstić information content (AvgIpc) is 3.56. The van der Waals surface area contributed by atoms with Gasteiger partial charge in [-0.25, -0.2) is 9.78 Å². The number of aliphatic hydroxyl groups is 1. The van der Waals surface area contributed by atoms with Gasteiger partial charge in [0.15, 0.2) is 6.29 Å². The van der Waals surface area contributed by atoms with Crippen molar-refractivity contribution in [2.75, 3.05) is 0 Å². The fourth-order valence-electron chi connectivity index (χ4n) is 9.83. The number of amides is 2. The molecule has 0 unspecified atom stereocenters. The van der Waals surface area contributed by atoms with Crippen molar-refractivity contribution < 1.29 is 19.4 Å². The van der Waals surface area contributed by atoms with Gasteiger partial charge in [-0.3, -0.25) is 0 Å². The zero-order valence-electron chi connectivity index (χ0n) is 28.9. The molecule has 8 heteroatoms. The van der Waals surface area contributed by atoms with Crippen LogP contribution in [0.5, 0.6) is 0 Å². The highest BCUT2D eigenvalue weighted by Crippen LogP contribution is 2.55. The van der Waals surface area contributed by atoms with Crippen LogP contribution in [0, 0.1) is 17.8 Å². The van der Waals surface area contributed by atoms with Crippen molar-refractivity contribution in [3.63, 3.8) is 0 Å². The van der Waals surface area contributed by atoms with Crippen molar-refractivity contribution in [2.45, 2.75) is 88.7 Å². The van der Waals surface area contributed by atoms with Crippen LogP contribution in [-0.2, 0) is 29.2 Å². The first-order valence-corrected chi connectivity index (χ1v) is 18.6. The molecule has 3 atom stereocenters. The second-order valence-corrected chi connectivity index (χ2v) is 15.6. The molecule has 262 valence electrons. The van der Waals surface area contributed by atoms with Gasteiger partial charge in [0, 0.05) is 24.1 Å². The standard InChI is InChI=1S/C43H46N4O4/c48-26-28-8-10-34(11-9-28)40-20-37(25-47-27-45-38-6-1-2-7-39(38)47)50-41(51-40)35-14-12-33(13-15-35)36-5-3-4-29(19-36)24-44-42(49)46-43-21-30-16-31(22-43)18-32(17-30)23-43/h1-15,19,27,30-32,37,40-41,48H,16-18,20-26H2,(H2,44,46,49)/t30?,31?,32?,37-,40+,41+,43?/m0/s1. The van der Waals surface area contributed by atoms with Gasteiger partial charge in [0.25, 0.3) is 0 Å². The number of rotatable bonds is 9. The number of urea groups is 1. The van der Waals surface area contributed by atoms with Crippen LogP contribution in [0.25, 0.3) is 22.2 Å². The maximum absolute atomic E-state index is 13.1. The van der Waals surface area contributed by atoms with Crippen molar-refractivity contribution in [1.29, 1.82) is 0 Å². The molecular weight excluding hydrogens is 636 g/mol. The number of nitrogens with zero attached hydrogens (tertiary/aromatic N) is 2. The molecule has 4 aliphatic carbocycles. The number of ether oxygens (including phenoxy) is 2. The third-order valence-corrected chi connectivity index (χ3v) is 11.9. The van der Waals surface area contributed by atoms with E-state index in [1.165, 1.54) is 19.3 Å². The highest BCUT2D eigenvalue weighted by molar-refractivity contribution is 5.75. The van der Waals surface area contributed by atoms with Gasteiger partial charge in [-0.1, -0.05) is 78.9 Å². The zero-order chi connectivity index (χ0) is 34.4. The summed E-state index contributed by atoms with van der Waals surface area (Å²) in [7, 11) is 0. The number of aromatic nitrogens is 2. The Bertz CT molecular complexity index is 1970. The molecule has 3 N–H and O–H groups in total. The van der Waals surface area contributed by atoms with Crippen molar-refractivity contribution in [3.8, 4) is 11.1 Å². The van der Waals surface area contributed by atoms with E-state index in [4.69, 9.17) is 9.47 Å². The lowest BCUT2D eigenvalue weighted by molar-refractivity contribution is -0.252. The first-order chi connectivity index (χ1) is 25.0. The minimum atomic E-state index is -0.543. The average molecular weight is 683 g/mol. The van der Waals surface area contributed by atoms with Crippen LogP contribution >= 0.6 is 0 Å². The summed E-state index contributed by atoms with van der Waals surface area (Å²) in [4.78, 5) is 17.7. The second kappa shape index (κ2) is 13.6. The van der Waals surface area contributed by atoms with Crippen molar-refractivity contribution >= 4 is 17.1 Å². The lowest BCUT2D eigenvalue weighted by Gasteiger charge is -2.56. The molecule has 4 aromatic carbocycles. The van der Waals surface area contributed by atoms with Crippen molar-refractivity contribution in [3.05, 3.63) is 126 Å². The third kappa shape index (κ3) is 6.80. The zero-order valence-corrected chi connectivity index (χ0v) is 28.9. The van der Waals surface area contributed by atoms with Crippen LogP contribution in [0.2, 0.25) is 0 Å². The second-order valence-electron chi connectivity index (χ2n) is 15.6. The molecule has 51 heavy (non-hydrogen) atoms. The van der Waals surface area contributed by atoms with Gasteiger partial charge in [0.1, 0.15) is 0 Å². The number of carbonyl (C=O) groups is 1. The molecule has 2 heterocycles. The summed E-state index contributed by atoms with van der Waals surface area (Å²) < 4.78 is 15.4. The Hall–Kier alpha value is -4.50. The van der Waals surface area contributed by atoms with Crippen LogP contribution in [0.4, 0.5) is 4.79 Å². The Balaban J connectivity index is 0.881. The number of carbonyl (C=O) groups excluding carboxylic acids is 1. The number of nitrogens with one attached hydrogen (secondary N) is 2. The minimum absolute atomic E-state index is 0.00657.